The number of rotatable bonds is 6. The summed E-state index contributed by atoms with van der Waals surface area (Å²) in [5.74, 6) is 0.284. The summed E-state index contributed by atoms with van der Waals surface area (Å²) in [5, 5.41) is 12.3. The number of aliphatic hydroxyl groups excluding tert-OH is 1. The van der Waals surface area contributed by atoms with Crippen LogP contribution in [0.1, 0.15) is 26.0 Å². The molecule has 1 aromatic rings. The van der Waals surface area contributed by atoms with Gasteiger partial charge in [0.2, 0.25) is 5.91 Å². The van der Waals surface area contributed by atoms with Crippen LogP contribution in [0.25, 0.3) is 0 Å². The van der Waals surface area contributed by atoms with E-state index in [-0.39, 0.29) is 29.8 Å². The molecule has 2 unspecified atom stereocenters. The zero-order valence-corrected chi connectivity index (χ0v) is 11.6. The van der Waals surface area contributed by atoms with Gasteiger partial charge < -0.3 is 10.4 Å². The lowest BCUT2D eigenvalue weighted by Crippen LogP contribution is -2.33. The van der Waals surface area contributed by atoms with E-state index in [2.05, 4.69) is 24.1 Å². The Balaban J connectivity index is 1.78. The van der Waals surface area contributed by atoms with Crippen molar-refractivity contribution in [3.8, 4) is 0 Å². The third-order valence-electron chi connectivity index (χ3n) is 3.88. The number of carbonyl (C=O) groups is 1. The maximum atomic E-state index is 11.9. The summed E-state index contributed by atoms with van der Waals surface area (Å²) in [5.41, 5.74) is 1.10. The van der Waals surface area contributed by atoms with Crippen LogP contribution in [-0.2, 0) is 11.2 Å². The number of aliphatic hydroxyl groups is 1. The zero-order valence-electron chi connectivity index (χ0n) is 11.6. The molecule has 0 radical (unpaired) electrons. The quantitative estimate of drug-likeness (QED) is 0.814. The molecule has 4 nitrogen and oxygen atoms in total. The molecule has 1 aliphatic carbocycles. The summed E-state index contributed by atoms with van der Waals surface area (Å²) >= 11 is 0. The van der Waals surface area contributed by atoms with Crippen LogP contribution < -0.4 is 5.32 Å². The van der Waals surface area contributed by atoms with E-state index in [4.69, 9.17) is 0 Å². The number of hydrogen-bond acceptors (Lipinski definition) is 3. The standard InChI is InChI=1S/C15H22N2O2/c1-15(2)8-13(15)14(19)17-9-11(10-18)7-12-5-3-4-6-16-12/h3-6,11,13,18H,7-10H2,1-2H3,(H,17,19). The maximum absolute atomic E-state index is 11.9. The average molecular weight is 262 g/mol. The monoisotopic (exact) mass is 262 g/mol. The van der Waals surface area contributed by atoms with Gasteiger partial charge in [-0.25, -0.2) is 0 Å². The molecule has 0 aliphatic heterocycles. The number of amides is 1. The Morgan fingerprint density at radius 2 is 2.32 bits per heavy atom. The van der Waals surface area contributed by atoms with Crippen LogP contribution in [0.4, 0.5) is 0 Å². The molecule has 1 heterocycles. The zero-order chi connectivity index (χ0) is 13.9. The first-order chi connectivity index (χ1) is 9.03. The lowest BCUT2D eigenvalue weighted by atomic mass is 10.0. The minimum absolute atomic E-state index is 0.0284. The van der Waals surface area contributed by atoms with E-state index < -0.39 is 0 Å². The molecule has 0 bridgehead atoms. The normalized spacial score (nSPS) is 21.7. The minimum Gasteiger partial charge on any atom is -0.396 e. The number of aromatic nitrogens is 1. The highest BCUT2D eigenvalue weighted by Crippen LogP contribution is 2.51. The third-order valence-corrected chi connectivity index (χ3v) is 3.88. The molecule has 0 aromatic carbocycles. The van der Waals surface area contributed by atoms with Crippen LogP contribution in [0.5, 0.6) is 0 Å². The molecule has 1 aliphatic rings. The molecule has 4 heteroatoms. The Hall–Kier alpha value is -1.42. The van der Waals surface area contributed by atoms with Gasteiger partial charge in [0.1, 0.15) is 0 Å². The second-order valence-electron chi connectivity index (χ2n) is 6.06. The van der Waals surface area contributed by atoms with Gasteiger partial charge >= 0.3 is 0 Å². The van der Waals surface area contributed by atoms with Crippen LogP contribution >= 0.6 is 0 Å². The summed E-state index contributed by atoms with van der Waals surface area (Å²) in [7, 11) is 0. The molecule has 0 saturated heterocycles. The predicted molar refractivity (Wildman–Crippen MR) is 73.4 cm³/mol. The Morgan fingerprint density at radius 3 is 2.84 bits per heavy atom. The molecule has 1 saturated carbocycles. The van der Waals surface area contributed by atoms with Crippen LogP contribution in [-0.4, -0.2) is 29.1 Å². The van der Waals surface area contributed by atoms with Crippen molar-refractivity contribution in [3.63, 3.8) is 0 Å². The Kier molecular flexibility index (Phi) is 4.20. The molecule has 1 aromatic heterocycles. The SMILES string of the molecule is CC1(C)CC1C(=O)NCC(CO)Cc1ccccn1. The smallest absolute Gasteiger partial charge is 0.223 e. The summed E-state index contributed by atoms with van der Waals surface area (Å²) in [4.78, 5) is 16.1. The topological polar surface area (TPSA) is 62.2 Å². The Labute approximate surface area is 114 Å². The van der Waals surface area contributed by atoms with Crippen molar-refractivity contribution >= 4 is 5.91 Å². The molecule has 2 atom stereocenters. The van der Waals surface area contributed by atoms with Crippen molar-refractivity contribution in [2.24, 2.45) is 17.3 Å². The van der Waals surface area contributed by atoms with Crippen molar-refractivity contribution in [1.29, 1.82) is 0 Å². The van der Waals surface area contributed by atoms with Gasteiger partial charge in [0.05, 0.1) is 0 Å². The largest absolute Gasteiger partial charge is 0.396 e. The molecule has 19 heavy (non-hydrogen) atoms. The maximum Gasteiger partial charge on any atom is 0.223 e. The molecule has 1 amide bonds. The van der Waals surface area contributed by atoms with Gasteiger partial charge in [-0.15, -0.1) is 0 Å². The van der Waals surface area contributed by atoms with E-state index in [1.54, 1.807) is 6.20 Å². The fourth-order valence-electron chi connectivity index (χ4n) is 2.30. The van der Waals surface area contributed by atoms with E-state index in [1.165, 1.54) is 0 Å². The highest BCUT2D eigenvalue weighted by atomic mass is 16.3. The number of nitrogens with one attached hydrogen (secondary N) is 1. The molecule has 2 rings (SSSR count). The molecule has 2 N–H and O–H groups in total. The first kappa shape index (κ1) is 14.0. The van der Waals surface area contributed by atoms with Gasteiger partial charge in [-0.1, -0.05) is 19.9 Å². The molecular formula is C15H22N2O2. The minimum atomic E-state index is 0.0284. The fraction of sp³-hybridized carbons (Fsp3) is 0.600. The van der Waals surface area contributed by atoms with Crippen LogP contribution in [0.3, 0.4) is 0 Å². The molecular weight excluding hydrogens is 240 g/mol. The second kappa shape index (κ2) is 5.70. The van der Waals surface area contributed by atoms with Crippen LogP contribution in [0, 0.1) is 17.3 Å². The fourth-order valence-corrected chi connectivity index (χ4v) is 2.30. The van der Waals surface area contributed by atoms with E-state index in [0.717, 1.165) is 12.1 Å². The summed E-state index contributed by atoms with van der Waals surface area (Å²) in [6, 6.07) is 5.74. The van der Waals surface area contributed by atoms with Crippen molar-refractivity contribution in [2.75, 3.05) is 13.2 Å². The summed E-state index contributed by atoms with van der Waals surface area (Å²) < 4.78 is 0. The lowest BCUT2D eigenvalue weighted by molar-refractivity contribution is -0.123. The van der Waals surface area contributed by atoms with E-state index in [9.17, 15) is 9.90 Å². The van der Waals surface area contributed by atoms with Gasteiger partial charge in [0, 0.05) is 36.9 Å². The summed E-state index contributed by atoms with van der Waals surface area (Å²) in [6.07, 6.45) is 3.39. The molecule has 0 spiro atoms. The number of nitrogens with zero attached hydrogens (tertiary/aromatic N) is 1. The van der Waals surface area contributed by atoms with Gasteiger partial charge in [0.15, 0.2) is 0 Å². The van der Waals surface area contributed by atoms with Crippen molar-refractivity contribution in [2.45, 2.75) is 26.7 Å². The highest BCUT2D eigenvalue weighted by molar-refractivity contribution is 5.82. The molecule has 104 valence electrons. The van der Waals surface area contributed by atoms with Crippen LogP contribution in [0.15, 0.2) is 24.4 Å². The number of hydrogen-bond donors (Lipinski definition) is 2. The second-order valence-corrected chi connectivity index (χ2v) is 6.06. The first-order valence-corrected chi connectivity index (χ1v) is 6.81. The van der Waals surface area contributed by atoms with Crippen molar-refractivity contribution in [1.82, 2.24) is 10.3 Å². The number of carbonyl (C=O) groups excluding carboxylic acids is 1. The van der Waals surface area contributed by atoms with Crippen molar-refractivity contribution in [3.05, 3.63) is 30.1 Å². The Bertz CT molecular complexity index is 431. The number of pyridine rings is 1. The first-order valence-electron chi connectivity index (χ1n) is 6.81. The molecule has 1 fully saturated rings. The predicted octanol–water partition coefficient (Wildman–Crippen LogP) is 1.39. The van der Waals surface area contributed by atoms with Crippen molar-refractivity contribution < 1.29 is 9.90 Å². The Morgan fingerprint density at radius 1 is 1.58 bits per heavy atom. The lowest BCUT2D eigenvalue weighted by Gasteiger charge is -2.15. The van der Waals surface area contributed by atoms with E-state index in [0.29, 0.717) is 13.0 Å². The van der Waals surface area contributed by atoms with Gasteiger partial charge in [-0.05, 0) is 30.4 Å². The highest BCUT2D eigenvalue weighted by Gasteiger charge is 2.50. The summed E-state index contributed by atoms with van der Waals surface area (Å²) in [6.45, 7) is 4.78. The van der Waals surface area contributed by atoms with Gasteiger partial charge in [-0.3, -0.25) is 9.78 Å². The van der Waals surface area contributed by atoms with E-state index in [1.807, 2.05) is 18.2 Å². The average Bonchev–Trinajstić information content (AvgIpc) is 3.04. The third kappa shape index (κ3) is 3.77. The van der Waals surface area contributed by atoms with Crippen LogP contribution in [0.2, 0.25) is 0 Å². The van der Waals surface area contributed by atoms with Gasteiger partial charge in [0.25, 0.3) is 0 Å². The van der Waals surface area contributed by atoms with Gasteiger partial charge in [-0.2, -0.15) is 0 Å². The van der Waals surface area contributed by atoms with E-state index >= 15 is 0 Å².